The van der Waals surface area contributed by atoms with E-state index in [1.807, 2.05) is 12.1 Å². The van der Waals surface area contributed by atoms with Crippen LogP contribution in [0.25, 0.3) is 0 Å². The van der Waals surface area contributed by atoms with Crippen LogP contribution in [0.5, 0.6) is 5.75 Å². The Labute approximate surface area is 109 Å². The molecule has 1 rings (SSSR count). The molecule has 0 amide bonds. The maximum atomic E-state index is 8.75. The molecule has 0 saturated carbocycles. The summed E-state index contributed by atoms with van der Waals surface area (Å²) in [6.45, 7) is 7.39. The molecule has 1 unspecified atom stereocenters. The van der Waals surface area contributed by atoms with E-state index < -0.39 is 0 Å². The Bertz CT molecular complexity index is 335. The molecule has 0 radical (unpaired) electrons. The number of hydrogen-bond acceptors (Lipinski definition) is 3. The maximum absolute atomic E-state index is 8.75. The SMILES string of the molecule is C=CCOc1ccc(CNC(C)CCCO)cc1. The van der Waals surface area contributed by atoms with E-state index in [0.29, 0.717) is 12.6 Å². The van der Waals surface area contributed by atoms with Crippen LogP contribution in [-0.4, -0.2) is 24.4 Å². The first-order chi connectivity index (χ1) is 8.76. The van der Waals surface area contributed by atoms with Crippen molar-refractivity contribution in [3.8, 4) is 5.75 Å². The van der Waals surface area contributed by atoms with Crippen molar-refractivity contribution >= 4 is 0 Å². The van der Waals surface area contributed by atoms with Crippen LogP contribution in [0, 0.1) is 0 Å². The van der Waals surface area contributed by atoms with Crippen LogP contribution < -0.4 is 10.1 Å². The third-order valence-electron chi connectivity index (χ3n) is 2.74. The summed E-state index contributed by atoms with van der Waals surface area (Å²) in [5, 5.41) is 12.2. The number of aliphatic hydroxyl groups excluding tert-OH is 1. The molecular weight excluding hydrogens is 226 g/mol. The fourth-order valence-corrected chi connectivity index (χ4v) is 1.65. The molecule has 0 bridgehead atoms. The average Bonchev–Trinajstić information content (AvgIpc) is 2.41. The summed E-state index contributed by atoms with van der Waals surface area (Å²) in [6, 6.07) is 8.49. The molecule has 0 heterocycles. The van der Waals surface area contributed by atoms with E-state index in [-0.39, 0.29) is 6.61 Å². The summed E-state index contributed by atoms with van der Waals surface area (Å²) in [5.74, 6) is 0.868. The molecule has 1 aromatic rings. The predicted molar refractivity (Wildman–Crippen MR) is 74.8 cm³/mol. The summed E-state index contributed by atoms with van der Waals surface area (Å²) in [5.41, 5.74) is 1.23. The van der Waals surface area contributed by atoms with Crippen LogP contribution in [0.15, 0.2) is 36.9 Å². The van der Waals surface area contributed by atoms with Crippen LogP contribution in [-0.2, 0) is 6.54 Å². The second kappa shape index (κ2) is 8.72. The highest BCUT2D eigenvalue weighted by Crippen LogP contribution is 2.12. The molecular formula is C15H23NO2. The number of aliphatic hydroxyl groups is 1. The van der Waals surface area contributed by atoms with E-state index in [1.54, 1.807) is 6.08 Å². The van der Waals surface area contributed by atoms with Crippen molar-refractivity contribution < 1.29 is 9.84 Å². The van der Waals surface area contributed by atoms with E-state index in [1.165, 1.54) is 5.56 Å². The third-order valence-corrected chi connectivity index (χ3v) is 2.74. The highest BCUT2D eigenvalue weighted by molar-refractivity contribution is 5.27. The number of nitrogens with one attached hydrogen (secondary N) is 1. The minimum absolute atomic E-state index is 0.265. The van der Waals surface area contributed by atoms with E-state index in [4.69, 9.17) is 9.84 Å². The van der Waals surface area contributed by atoms with Crippen LogP contribution in [0.2, 0.25) is 0 Å². The van der Waals surface area contributed by atoms with Crippen LogP contribution in [0.4, 0.5) is 0 Å². The van der Waals surface area contributed by atoms with Gasteiger partial charge in [0.25, 0.3) is 0 Å². The lowest BCUT2D eigenvalue weighted by Crippen LogP contribution is -2.25. The smallest absolute Gasteiger partial charge is 0.119 e. The first kappa shape index (κ1) is 14.7. The predicted octanol–water partition coefficient (Wildman–Crippen LogP) is 2.50. The van der Waals surface area contributed by atoms with Gasteiger partial charge in [0, 0.05) is 19.2 Å². The number of rotatable bonds is 9. The minimum Gasteiger partial charge on any atom is -0.490 e. The zero-order valence-electron chi connectivity index (χ0n) is 11.1. The van der Waals surface area contributed by atoms with Crippen LogP contribution >= 0.6 is 0 Å². The van der Waals surface area contributed by atoms with Gasteiger partial charge in [0.15, 0.2) is 0 Å². The van der Waals surface area contributed by atoms with Gasteiger partial charge in [-0.25, -0.2) is 0 Å². The van der Waals surface area contributed by atoms with Gasteiger partial charge >= 0.3 is 0 Å². The van der Waals surface area contributed by atoms with Gasteiger partial charge in [-0.05, 0) is 37.5 Å². The zero-order valence-corrected chi connectivity index (χ0v) is 11.1. The van der Waals surface area contributed by atoms with Gasteiger partial charge in [-0.3, -0.25) is 0 Å². The number of hydrogen-bond donors (Lipinski definition) is 2. The molecule has 3 nitrogen and oxygen atoms in total. The second-order valence-corrected chi connectivity index (χ2v) is 4.39. The Kier molecular flexibility index (Phi) is 7.14. The highest BCUT2D eigenvalue weighted by atomic mass is 16.5. The van der Waals surface area contributed by atoms with Gasteiger partial charge in [0.1, 0.15) is 12.4 Å². The summed E-state index contributed by atoms with van der Waals surface area (Å²) < 4.78 is 5.42. The topological polar surface area (TPSA) is 41.5 Å². The largest absolute Gasteiger partial charge is 0.490 e. The van der Waals surface area contributed by atoms with Crippen molar-refractivity contribution in [2.45, 2.75) is 32.4 Å². The standard InChI is InChI=1S/C15H23NO2/c1-3-11-18-15-8-6-14(7-9-15)12-16-13(2)5-4-10-17/h3,6-9,13,16-17H,1,4-5,10-12H2,2H3. The molecule has 0 fully saturated rings. The summed E-state index contributed by atoms with van der Waals surface area (Å²) in [4.78, 5) is 0. The van der Waals surface area contributed by atoms with Gasteiger partial charge in [0.2, 0.25) is 0 Å². The van der Waals surface area contributed by atoms with Crippen molar-refractivity contribution in [2.24, 2.45) is 0 Å². The van der Waals surface area contributed by atoms with E-state index in [9.17, 15) is 0 Å². The van der Waals surface area contributed by atoms with E-state index >= 15 is 0 Å². The Hall–Kier alpha value is -1.32. The normalized spacial score (nSPS) is 12.1. The third kappa shape index (κ3) is 5.84. The van der Waals surface area contributed by atoms with Crippen molar-refractivity contribution in [3.05, 3.63) is 42.5 Å². The Morgan fingerprint density at radius 1 is 1.39 bits per heavy atom. The van der Waals surface area contributed by atoms with Gasteiger partial charge in [0.05, 0.1) is 0 Å². The van der Waals surface area contributed by atoms with E-state index in [2.05, 4.69) is 31.0 Å². The number of ether oxygens (including phenoxy) is 1. The lowest BCUT2D eigenvalue weighted by Gasteiger charge is -2.13. The lowest BCUT2D eigenvalue weighted by atomic mass is 10.1. The van der Waals surface area contributed by atoms with Crippen molar-refractivity contribution in [1.82, 2.24) is 5.32 Å². The molecule has 0 aromatic heterocycles. The first-order valence-corrected chi connectivity index (χ1v) is 6.43. The van der Waals surface area contributed by atoms with E-state index in [0.717, 1.165) is 25.1 Å². The lowest BCUT2D eigenvalue weighted by molar-refractivity contribution is 0.276. The Balaban J connectivity index is 2.32. The zero-order chi connectivity index (χ0) is 13.2. The van der Waals surface area contributed by atoms with Gasteiger partial charge < -0.3 is 15.2 Å². The van der Waals surface area contributed by atoms with Crippen LogP contribution in [0.3, 0.4) is 0 Å². The number of benzene rings is 1. The summed E-state index contributed by atoms with van der Waals surface area (Å²) in [7, 11) is 0. The highest BCUT2D eigenvalue weighted by Gasteiger charge is 2.01. The van der Waals surface area contributed by atoms with Crippen molar-refractivity contribution in [3.63, 3.8) is 0 Å². The molecule has 0 aliphatic heterocycles. The fourth-order valence-electron chi connectivity index (χ4n) is 1.65. The molecule has 0 saturated heterocycles. The van der Waals surface area contributed by atoms with Gasteiger partial charge in [-0.2, -0.15) is 0 Å². The molecule has 2 N–H and O–H groups in total. The van der Waals surface area contributed by atoms with Crippen LogP contribution in [0.1, 0.15) is 25.3 Å². The molecule has 100 valence electrons. The molecule has 0 aliphatic rings. The van der Waals surface area contributed by atoms with Crippen molar-refractivity contribution in [1.29, 1.82) is 0 Å². The Morgan fingerprint density at radius 2 is 2.11 bits per heavy atom. The quantitative estimate of drug-likeness (QED) is 0.661. The van der Waals surface area contributed by atoms with Gasteiger partial charge in [-0.15, -0.1) is 0 Å². The maximum Gasteiger partial charge on any atom is 0.119 e. The first-order valence-electron chi connectivity index (χ1n) is 6.43. The van der Waals surface area contributed by atoms with Crippen molar-refractivity contribution in [2.75, 3.05) is 13.2 Å². The minimum atomic E-state index is 0.265. The average molecular weight is 249 g/mol. The fraction of sp³-hybridized carbons (Fsp3) is 0.467. The second-order valence-electron chi connectivity index (χ2n) is 4.39. The monoisotopic (exact) mass is 249 g/mol. The molecule has 18 heavy (non-hydrogen) atoms. The molecule has 3 heteroatoms. The van der Waals surface area contributed by atoms with Gasteiger partial charge in [-0.1, -0.05) is 24.8 Å². The molecule has 1 aromatic carbocycles. The Morgan fingerprint density at radius 3 is 2.72 bits per heavy atom. The molecule has 1 atom stereocenters. The summed E-state index contributed by atoms with van der Waals surface area (Å²) in [6.07, 6.45) is 3.58. The molecule has 0 aliphatic carbocycles. The summed E-state index contributed by atoms with van der Waals surface area (Å²) >= 11 is 0. The molecule has 0 spiro atoms.